The number of nitrogens with zero attached hydrogens (tertiary/aromatic N) is 1. The molecule has 132 valence electrons. The topological polar surface area (TPSA) is 84.1 Å². The van der Waals surface area contributed by atoms with Crippen molar-refractivity contribution in [2.75, 3.05) is 11.9 Å². The average Bonchev–Trinajstić information content (AvgIpc) is 3.12. The fourth-order valence-electron chi connectivity index (χ4n) is 2.37. The maximum absolute atomic E-state index is 12.4. The lowest BCUT2D eigenvalue weighted by Gasteiger charge is -2.06. The number of hydrogen-bond acceptors (Lipinski definition) is 4. The van der Waals surface area contributed by atoms with Gasteiger partial charge in [-0.15, -0.1) is 0 Å². The number of aromatic amines is 1. The molecule has 0 atom stereocenters. The molecular formula is C19H16ClN3O3. The Morgan fingerprint density at radius 3 is 2.73 bits per heavy atom. The summed E-state index contributed by atoms with van der Waals surface area (Å²) < 4.78 is 4.96. The Bertz CT molecular complexity index is 952. The molecule has 6 nitrogen and oxygen atoms in total. The second-order valence-electron chi connectivity index (χ2n) is 5.43. The SMILES string of the molecule is CCOC(=O)c1cccc(NC(=O)c2cc(-c3cccc(Cl)c3)n[nH]2)c1. The number of carbonyl (C=O) groups excluding carboxylic acids is 2. The lowest BCUT2D eigenvalue weighted by Crippen LogP contribution is -2.13. The van der Waals surface area contributed by atoms with Crippen molar-refractivity contribution >= 4 is 29.2 Å². The monoisotopic (exact) mass is 369 g/mol. The van der Waals surface area contributed by atoms with Gasteiger partial charge < -0.3 is 10.1 Å². The highest BCUT2D eigenvalue weighted by Gasteiger charge is 2.13. The summed E-state index contributed by atoms with van der Waals surface area (Å²) in [6.45, 7) is 2.02. The Morgan fingerprint density at radius 1 is 1.15 bits per heavy atom. The fourth-order valence-corrected chi connectivity index (χ4v) is 2.56. The summed E-state index contributed by atoms with van der Waals surface area (Å²) in [5, 5.41) is 10.2. The van der Waals surface area contributed by atoms with Gasteiger partial charge >= 0.3 is 5.97 Å². The minimum atomic E-state index is -0.437. The Morgan fingerprint density at radius 2 is 1.96 bits per heavy atom. The van der Waals surface area contributed by atoms with Crippen molar-refractivity contribution in [2.45, 2.75) is 6.92 Å². The summed E-state index contributed by atoms with van der Waals surface area (Å²) in [4.78, 5) is 24.2. The third-order valence-corrected chi connectivity index (χ3v) is 3.81. The standard InChI is InChI=1S/C19H16ClN3O3/c1-2-26-19(25)13-6-4-8-15(10-13)21-18(24)17-11-16(22-23-17)12-5-3-7-14(20)9-12/h3-11H,2H2,1H3,(H,21,24)(H,22,23). The van der Waals surface area contributed by atoms with Crippen LogP contribution in [0, 0.1) is 0 Å². The van der Waals surface area contributed by atoms with Crippen molar-refractivity contribution < 1.29 is 14.3 Å². The predicted octanol–water partition coefficient (Wildman–Crippen LogP) is 4.16. The smallest absolute Gasteiger partial charge is 0.338 e. The van der Waals surface area contributed by atoms with Gasteiger partial charge in [0, 0.05) is 16.3 Å². The molecule has 3 aromatic rings. The van der Waals surface area contributed by atoms with Crippen LogP contribution in [0.5, 0.6) is 0 Å². The number of amides is 1. The van der Waals surface area contributed by atoms with Gasteiger partial charge in [0.25, 0.3) is 5.91 Å². The highest BCUT2D eigenvalue weighted by Crippen LogP contribution is 2.22. The quantitative estimate of drug-likeness (QED) is 0.661. The number of halogens is 1. The molecule has 0 aliphatic carbocycles. The van der Waals surface area contributed by atoms with Crippen molar-refractivity contribution in [3.05, 3.63) is 70.9 Å². The number of carbonyl (C=O) groups is 2. The Hall–Kier alpha value is -3.12. The Labute approximate surface area is 155 Å². The van der Waals surface area contributed by atoms with E-state index in [4.69, 9.17) is 16.3 Å². The predicted molar refractivity (Wildman–Crippen MR) is 99.4 cm³/mol. The first-order chi connectivity index (χ1) is 12.6. The van der Waals surface area contributed by atoms with E-state index in [2.05, 4.69) is 15.5 Å². The molecule has 0 aliphatic rings. The first kappa shape index (κ1) is 17.7. The van der Waals surface area contributed by atoms with Gasteiger partial charge in [0.2, 0.25) is 0 Å². The largest absolute Gasteiger partial charge is 0.462 e. The first-order valence-electron chi connectivity index (χ1n) is 7.96. The highest BCUT2D eigenvalue weighted by atomic mass is 35.5. The maximum Gasteiger partial charge on any atom is 0.338 e. The van der Waals surface area contributed by atoms with Crippen LogP contribution in [0.3, 0.4) is 0 Å². The van der Waals surface area contributed by atoms with Crippen LogP contribution in [-0.4, -0.2) is 28.7 Å². The number of benzene rings is 2. The van der Waals surface area contributed by atoms with Crippen LogP contribution in [0.4, 0.5) is 5.69 Å². The molecule has 0 fully saturated rings. The second kappa shape index (κ2) is 7.84. The molecule has 1 aromatic heterocycles. The molecule has 3 rings (SSSR count). The van der Waals surface area contributed by atoms with Crippen molar-refractivity contribution in [3.63, 3.8) is 0 Å². The van der Waals surface area contributed by atoms with Gasteiger partial charge in [-0.1, -0.05) is 29.8 Å². The molecular weight excluding hydrogens is 354 g/mol. The van der Waals surface area contributed by atoms with Gasteiger partial charge in [-0.2, -0.15) is 5.10 Å². The van der Waals surface area contributed by atoms with Crippen molar-refractivity contribution in [2.24, 2.45) is 0 Å². The van der Waals surface area contributed by atoms with Gasteiger partial charge in [-0.3, -0.25) is 9.89 Å². The van der Waals surface area contributed by atoms with E-state index in [9.17, 15) is 9.59 Å². The number of ether oxygens (including phenoxy) is 1. The van der Waals surface area contributed by atoms with Crippen LogP contribution < -0.4 is 5.32 Å². The molecule has 0 saturated heterocycles. The molecule has 26 heavy (non-hydrogen) atoms. The number of anilines is 1. The number of esters is 1. The number of aromatic nitrogens is 2. The number of hydrogen-bond donors (Lipinski definition) is 2. The van der Waals surface area contributed by atoms with E-state index in [0.717, 1.165) is 5.56 Å². The molecule has 1 heterocycles. The van der Waals surface area contributed by atoms with Crippen LogP contribution in [-0.2, 0) is 4.74 Å². The van der Waals surface area contributed by atoms with E-state index >= 15 is 0 Å². The van der Waals surface area contributed by atoms with E-state index in [1.54, 1.807) is 49.4 Å². The minimum Gasteiger partial charge on any atom is -0.462 e. The van der Waals surface area contributed by atoms with Crippen molar-refractivity contribution in [1.82, 2.24) is 10.2 Å². The first-order valence-corrected chi connectivity index (χ1v) is 8.34. The van der Waals surface area contributed by atoms with Crippen LogP contribution in [0.1, 0.15) is 27.8 Å². The zero-order valence-corrected chi connectivity index (χ0v) is 14.7. The molecule has 0 bridgehead atoms. The number of H-pyrrole nitrogens is 1. The molecule has 0 spiro atoms. The summed E-state index contributed by atoms with van der Waals surface area (Å²) in [6, 6.07) is 15.4. The van der Waals surface area contributed by atoms with Gasteiger partial charge in [0.1, 0.15) is 5.69 Å². The van der Waals surface area contributed by atoms with Gasteiger partial charge in [0.05, 0.1) is 17.9 Å². The van der Waals surface area contributed by atoms with Gasteiger partial charge in [-0.25, -0.2) is 4.79 Å². The fraction of sp³-hybridized carbons (Fsp3) is 0.105. The van der Waals surface area contributed by atoms with E-state index in [0.29, 0.717) is 27.7 Å². The van der Waals surface area contributed by atoms with Gasteiger partial charge in [-0.05, 0) is 43.3 Å². The zero-order valence-electron chi connectivity index (χ0n) is 14.0. The van der Waals surface area contributed by atoms with Crippen LogP contribution in [0.15, 0.2) is 54.6 Å². The summed E-state index contributed by atoms with van der Waals surface area (Å²) >= 11 is 5.98. The maximum atomic E-state index is 12.4. The summed E-state index contributed by atoms with van der Waals surface area (Å²) in [5.74, 6) is -0.805. The third-order valence-electron chi connectivity index (χ3n) is 3.57. The summed E-state index contributed by atoms with van der Waals surface area (Å²) in [7, 11) is 0. The lowest BCUT2D eigenvalue weighted by molar-refractivity contribution is 0.0526. The Kier molecular flexibility index (Phi) is 5.34. The average molecular weight is 370 g/mol. The van der Waals surface area contributed by atoms with E-state index in [1.165, 1.54) is 0 Å². The highest BCUT2D eigenvalue weighted by molar-refractivity contribution is 6.30. The summed E-state index contributed by atoms with van der Waals surface area (Å²) in [5.41, 5.74) is 2.56. The molecule has 1 amide bonds. The molecule has 2 aromatic carbocycles. The van der Waals surface area contributed by atoms with Gasteiger partial charge in [0.15, 0.2) is 0 Å². The van der Waals surface area contributed by atoms with Crippen molar-refractivity contribution in [3.8, 4) is 11.3 Å². The van der Waals surface area contributed by atoms with E-state index in [-0.39, 0.29) is 12.5 Å². The summed E-state index contributed by atoms with van der Waals surface area (Å²) in [6.07, 6.45) is 0. The number of rotatable bonds is 5. The van der Waals surface area contributed by atoms with E-state index in [1.807, 2.05) is 12.1 Å². The van der Waals surface area contributed by atoms with Crippen LogP contribution >= 0.6 is 11.6 Å². The lowest BCUT2D eigenvalue weighted by atomic mass is 10.1. The Balaban J connectivity index is 1.75. The molecule has 7 heteroatoms. The molecule has 0 aliphatic heterocycles. The molecule has 0 unspecified atom stereocenters. The third kappa shape index (κ3) is 4.10. The van der Waals surface area contributed by atoms with E-state index < -0.39 is 5.97 Å². The van der Waals surface area contributed by atoms with Crippen LogP contribution in [0.2, 0.25) is 5.02 Å². The number of nitrogens with one attached hydrogen (secondary N) is 2. The molecule has 0 saturated carbocycles. The normalized spacial score (nSPS) is 10.4. The van der Waals surface area contributed by atoms with Crippen LogP contribution in [0.25, 0.3) is 11.3 Å². The minimum absolute atomic E-state index is 0.288. The molecule has 2 N–H and O–H groups in total. The molecule has 0 radical (unpaired) electrons. The second-order valence-corrected chi connectivity index (χ2v) is 5.87. The van der Waals surface area contributed by atoms with Crippen molar-refractivity contribution in [1.29, 1.82) is 0 Å². The zero-order chi connectivity index (χ0) is 18.5.